The summed E-state index contributed by atoms with van der Waals surface area (Å²) in [5, 5.41) is 7.89. The molecule has 0 fully saturated rings. The largest absolute Gasteiger partial charge is 0.350 e. The first-order valence-electron chi connectivity index (χ1n) is 8.58. The van der Waals surface area contributed by atoms with Gasteiger partial charge in [0.05, 0.1) is 6.04 Å². The second-order valence-electron chi connectivity index (χ2n) is 7.49. The van der Waals surface area contributed by atoms with Crippen molar-refractivity contribution in [1.82, 2.24) is 10.2 Å². The first kappa shape index (κ1) is 20.1. The van der Waals surface area contributed by atoms with Crippen LogP contribution in [0.3, 0.4) is 0 Å². The van der Waals surface area contributed by atoms with Gasteiger partial charge in [-0.2, -0.15) is 0 Å². The number of benzene rings is 1. The third kappa shape index (κ3) is 5.41. The summed E-state index contributed by atoms with van der Waals surface area (Å²) in [6.45, 7) is 6.07. The summed E-state index contributed by atoms with van der Waals surface area (Å²) >= 11 is 1.68. The van der Waals surface area contributed by atoms with E-state index in [1.165, 1.54) is 4.88 Å². The fourth-order valence-electron chi connectivity index (χ4n) is 2.37. The van der Waals surface area contributed by atoms with Gasteiger partial charge in [-0.05, 0) is 43.7 Å². The SMILES string of the molecule is CN(C)C(CNC(=O)c1cccc(NC(=O)C(C)(C)C)c1)c1cccs1. The molecule has 1 aromatic carbocycles. The van der Waals surface area contributed by atoms with Gasteiger partial charge < -0.3 is 15.5 Å². The van der Waals surface area contributed by atoms with E-state index in [1.807, 2.05) is 46.3 Å². The molecule has 0 aliphatic carbocycles. The monoisotopic (exact) mass is 373 g/mol. The van der Waals surface area contributed by atoms with Gasteiger partial charge in [0.15, 0.2) is 0 Å². The molecule has 0 saturated heterocycles. The number of rotatable bonds is 6. The van der Waals surface area contributed by atoms with Crippen molar-refractivity contribution in [1.29, 1.82) is 0 Å². The number of carbonyl (C=O) groups is 2. The maximum Gasteiger partial charge on any atom is 0.251 e. The Kier molecular flexibility index (Phi) is 6.56. The lowest BCUT2D eigenvalue weighted by Gasteiger charge is -2.23. The third-order valence-electron chi connectivity index (χ3n) is 4.01. The lowest BCUT2D eigenvalue weighted by Crippen LogP contribution is -2.34. The van der Waals surface area contributed by atoms with Crippen LogP contribution in [0, 0.1) is 5.41 Å². The molecule has 2 N–H and O–H groups in total. The smallest absolute Gasteiger partial charge is 0.251 e. The predicted molar refractivity (Wildman–Crippen MR) is 108 cm³/mol. The molecule has 0 saturated carbocycles. The Bertz CT molecular complexity index is 749. The highest BCUT2D eigenvalue weighted by atomic mass is 32.1. The zero-order chi connectivity index (χ0) is 19.3. The highest BCUT2D eigenvalue weighted by molar-refractivity contribution is 7.10. The first-order valence-corrected chi connectivity index (χ1v) is 9.46. The van der Waals surface area contributed by atoms with Gasteiger partial charge in [-0.15, -0.1) is 11.3 Å². The van der Waals surface area contributed by atoms with Gasteiger partial charge in [-0.25, -0.2) is 0 Å². The van der Waals surface area contributed by atoms with Gasteiger partial charge in [0.25, 0.3) is 5.91 Å². The number of amides is 2. The summed E-state index contributed by atoms with van der Waals surface area (Å²) in [6, 6.07) is 11.2. The van der Waals surface area contributed by atoms with Gasteiger partial charge in [-0.3, -0.25) is 9.59 Å². The predicted octanol–water partition coefficient (Wildman–Crippen LogP) is 3.77. The summed E-state index contributed by atoms with van der Waals surface area (Å²) in [7, 11) is 4.00. The van der Waals surface area contributed by atoms with Crippen LogP contribution in [0.5, 0.6) is 0 Å². The first-order chi connectivity index (χ1) is 12.2. The van der Waals surface area contributed by atoms with Crippen molar-refractivity contribution < 1.29 is 9.59 Å². The van der Waals surface area contributed by atoms with E-state index < -0.39 is 5.41 Å². The average molecular weight is 374 g/mol. The molecule has 1 heterocycles. The molecule has 0 aliphatic rings. The molecule has 26 heavy (non-hydrogen) atoms. The number of anilines is 1. The van der Waals surface area contributed by atoms with Gasteiger partial charge in [-0.1, -0.05) is 32.9 Å². The van der Waals surface area contributed by atoms with E-state index in [0.717, 1.165) is 0 Å². The van der Waals surface area contributed by atoms with Crippen LogP contribution in [-0.4, -0.2) is 37.4 Å². The van der Waals surface area contributed by atoms with E-state index in [9.17, 15) is 9.59 Å². The molecule has 0 radical (unpaired) electrons. The molecule has 2 aromatic rings. The lowest BCUT2D eigenvalue weighted by molar-refractivity contribution is -0.123. The summed E-state index contributed by atoms with van der Waals surface area (Å²) < 4.78 is 0. The van der Waals surface area contributed by atoms with Gasteiger partial charge in [0, 0.05) is 28.1 Å². The zero-order valence-corrected chi connectivity index (χ0v) is 16.8. The molecule has 0 bridgehead atoms. The molecule has 1 aromatic heterocycles. The number of carbonyl (C=O) groups excluding carboxylic acids is 2. The quantitative estimate of drug-likeness (QED) is 0.810. The Balaban J connectivity index is 2.03. The van der Waals surface area contributed by atoms with Crippen LogP contribution in [-0.2, 0) is 4.79 Å². The summed E-state index contributed by atoms with van der Waals surface area (Å²) in [5.74, 6) is -0.235. The Labute approximate surface area is 159 Å². The third-order valence-corrected chi connectivity index (χ3v) is 4.99. The van der Waals surface area contributed by atoms with Crippen LogP contribution >= 0.6 is 11.3 Å². The van der Waals surface area contributed by atoms with Crippen molar-refractivity contribution >= 4 is 28.8 Å². The fourth-order valence-corrected chi connectivity index (χ4v) is 3.29. The number of nitrogens with zero attached hydrogens (tertiary/aromatic N) is 1. The molecule has 140 valence electrons. The minimum Gasteiger partial charge on any atom is -0.350 e. The van der Waals surface area contributed by atoms with Gasteiger partial charge >= 0.3 is 0 Å². The van der Waals surface area contributed by atoms with E-state index in [-0.39, 0.29) is 17.9 Å². The van der Waals surface area contributed by atoms with Crippen LogP contribution in [0.4, 0.5) is 5.69 Å². The minimum absolute atomic E-state index is 0.0829. The Hall–Kier alpha value is -2.18. The molecule has 2 rings (SSSR count). The number of hydrogen-bond donors (Lipinski definition) is 2. The highest BCUT2D eigenvalue weighted by Gasteiger charge is 2.21. The summed E-state index contributed by atoms with van der Waals surface area (Å²) in [5.41, 5.74) is 0.665. The molecule has 0 spiro atoms. The van der Waals surface area contributed by atoms with Crippen molar-refractivity contribution in [3.8, 4) is 0 Å². The summed E-state index contributed by atoms with van der Waals surface area (Å²) in [4.78, 5) is 28.0. The van der Waals surface area contributed by atoms with Crippen LogP contribution in [0.15, 0.2) is 41.8 Å². The molecule has 5 nitrogen and oxygen atoms in total. The molecule has 0 aliphatic heterocycles. The van der Waals surface area contributed by atoms with Crippen molar-refractivity contribution in [2.45, 2.75) is 26.8 Å². The number of thiophene rings is 1. The van der Waals surface area contributed by atoms with Crippen LogP contribution in [0.25, 0.3) is 0 Å². The van der Waals surface area contributed by atoms with Crippen LogP contribution < -0.4 is 10.6 Å². The second-order valence-corrected chi connectivity index (χ2v) is 8.47. The van der Waals surface area contributed by atoms with Crippen molar-refractivity contribution in [3.63, 3.8) is 0 Å². The van der Waals surface area contributed by atoms with Crippen molar-refractivity contribution in [2.75, 3.05) is 26.0 Å². The Morgan fingerprint density at radius 2 is 1.88 bits per heavy atom. The Morgan fingerprint density at radius 3 is 2.46 bits per heavy atom. The second kappa shape index (κ2) is 8.47. The summed E-state index contributed by atoms with van der Waals surface area (Å²) in [6.07, 6.45) is 0. The molecule has 1 atom stereocenters. The number of hydrogen-bond acceptors (Lipinski definition) is 4. The van der Waals surface area contributed by atoms with E-state index >= 15 is 0 Å². The standard InChI is InChI=1S/C20H27N3O2S/c1-20(2,3)19(25)22-15-9-6-8-14(12-15)18(24)21-13-16(23(4)5)17-10-7-11-26-17/h6-12,16H,13H2,1-5H3,(H,21,24)(H,22,25). The molecular formula is C20H27N3O2S. The van der Waals surface area contributed by atoms with Crippen LogP contribution in [0.2, 0.25) is 0 Å². The van der Waals surface area contributed by atoms with Gasteiger partial charge in [0.1, 0.15) is 0 Å². The molecule has 1 unspecified atom stereocenters. The Morgan fingerprint density at radius 1 is 1.15 bits per heavy atom. The molecule has 6 heteroatoms. The minimum atomic E-state index is -0.488. The number of likely N-dealkylation sites (N-methyl/N-ethyl adjacent to an activating group) is 1. The van der Waals surface area contributed by atoms with Gasteiger partial charge in [0.2, 0.25) is 5.91 Å². The van der Waals surface area contributed by atoms with Crippen molar-refractivity contribution in [2.24, 2.45) is 5.41 Å². The lowest BCUT2D eigenvalue weighted by atomic mass is 9.95. The average Bonchev–Trinajstić information content (AvgIpc) is 3.08. The normalized spacial score (nSPS) is 12.7. The van der Waals surface area contributed by atoms with Crippen molar-refractivity contribution in [3.05, 3.63) is 52.2 Å². The maximum absolute atomic E-state index is 12.5. The van der Waals surface area contributed by atoms with E-state index in [4.69, 9.17) is 0 Å². The van der Waals surface area contributed by atoms with E-state index in [1.54, 1.807) is 35.6 Å². The van der Waals surface area contributed by atoms with Crippen LogP contribution in [0.1, 0.15) is 42.0 Å². The fraction of sp³-hybridized carbons (Fsp3) is 0.400. The molecule has 2 amide bonds. The van der Waals surface area contributed by atoms with E-state index in [0.29, 0.717) is 17.8 Å². The zero-order valence-electron chi connectivity index (χ0n) is 16.0. The maximum atomic E-state index is 12.5. The number of nitrogens with one attached hydrogen (secondary N) is 2. The topological polar surface area (TPSA) is 61.4 Å². The van der Waals surface area contributed by atoms with E-state index in [2.05, 4.69) is 21.6 Å². The molecular weight excluding hydrogens is 346 g/mol. The highest BCUT2D eigenvalue weighted by Crippen LogP contribution is 2.23.